The Labute approximate surface area is 112 Å². The van der Waals surface area contributed by atoms with E-state index < -0.39 is 11.6 Å². The summed E-state index contributed by atoms with van der Waals surface area (Å²) in [7, 11) is 1.44. The van der Waals surface area contributed by atoms with Crippen molar-refractivity contribution in [2.24, 2.45) is 0 Å². The molecular weight excluding hydrogens is 301 g/mol. The molecule has 0 spiro atoms. The van der Waals surface area contributed by atoms with Crippen LogP contribution in [0.2, 0.25) is 0 Å². The molecule has 2 aromatic rings. The molecule has 0 saturated heterocycles. The summed E-state index contributed by atoms with van der Waals surface area (Å²) in [5, 5.41) is 0. The number of carbonyl (C=O) groups is 1. The number of ketones is 1. The van der Waals surface area contributed by atoms with Gasteiger partial charge in [-0.05, 0) is 30.3 Å². The van der Waals surface area contributed by atoms with Gasteiger partial charge in [-0.15, -0.1) is 0 Å². The van der Waals surface area contributed by atoms with Gasteiger partial charge in [0.1, 0.15) is 11.6 Å². The van der Waals surface area contributed by atoms with E-state index in [9.17, 15) is 9.18 Å². The predicted molar refractivity (Wildman–Crippen MR) is 68.3 cm³/mol. The van der Waals surface area contributed by atoms with E-state index in [1.807, 2.05) is 0 Å². The van der Waals surface area contributed by atoms with Crippen LogP contribution in [0.1, 0.15) is 16.1 Å². The predicted octanol–water partition coefficient (Wildman–Crippen LogP) is 3.22. The van der Waals surface area contributed by atoms with Crippen LogP contribution in [0, 0.1) is 5.82 Å². The Balaban J connectivity index is 2.51. The Hall–Kier alpha value is -1.75. The van der Waals surface area contributed by atoms with Crippen molar-refractivity contribution in [1.82, 2.24) is 4.98 Å². The minimum Gasteiger partial charge on any atom is -0.494 e. The number of halogens is 2. The van der Waals surface area contributed by atoms with Crippen molar-refractivity contribution in [2.75, 3.05) is 7.11 Å². The molecule has 5 heteroatoms. The molecule has 3 nitrogen and oxygen atoms in total. The highest BCUT2D eigenvalue weighted by molar-refractivity contribution is 9.10. The largest absolute Gasteiger partial charge is 0.494 e. The third-order valence-electron chi connectivity index (χ3n) is 2.38. The van der Waals surface area contributed by atoms with Crippen LogP contribution >= 0.6 is 15.9 Å². The van der Waals surface area contributed by atoms with Gasteiger partial charge in [-0.25, -0.2) is 9.37 Å². The molecule has 1 aromatic carbocycles. The first-order valence-corrected chi connectivity index (χ1v) is 5.91. The van der Waals surface area contributed by atoms with Crippen LogP contribution in [0.15, 0.2) is 41.0 Å². The zero-order valence-corrected chi connectivity index (χ0v) is 11.1. The summed E-state index contributed by atoms with van der Waals surface area (Å²) >= 11 is 3.20. The molecule has 0 aliphatic carbocycles. The van der Waals surface area contributed by atoms with Gasteiger partial charge in [-0.3, -0.25) is 4.79 Å². The third-order valence-corrected chi connectivity index (χ3v) is 2.87. The second-order valence-corrected chi connectivity index (χ2v) is 4.42. The van der Waals surface area contributed by atoms with E-state index in [4.69, 9.17) is 4.74 Å². The Morgan fingerprint density at radius 1 is 1.39 bits per heavy atom. The minimum absolute atomic E-state index is 0.0404. The quantitative estimate of drug-likeness (QED) is 0.817. The molecule has 0 unspecified atom stereocenters. The number of carbonyl (C=O) groups excluding carboxylic acids is 1. The monoisotopic (exact) mass is 309 g/mol. The zero-order valence-electron chi connectivity index (χ0n) is 9.48. The van der Waals surface area contributed by atoms with Crippen molar-refractivity contribution < 1.29 is 13.9 Å². The normalized spacial score (nSPS) is 10.2. The van der Waals surface area contributed by atoms with Gasteiger partial charge >= 0.3 is 0 Å². The molecule has 0 fully saturated rings. The van der Waals surface area contributed by atoms with E-state index in [0.717, 1.165) is 0 Å². The van der Waals surface area contributed by atoms with Crippen molar-refractivity contribution in [3.05, 3.63) is 58.1 Å². The highest BCUT2D eigenvalue weighted by Crippen LogP contribution is 2.22. The lowest BCUT2D eigenvalue weighted by Crippen LogP contribution is -2.08. The number of pyridine rings is 1. The molecular formula is C13H9BrFNO2. The summed E-state index contributed by atoms with van der Waals surface area (Å²) in [5.74, 6) is -0.774. The van der Waals surface area contributed by atoms with E-state index in [1.165, 1.54) is 31.5 Å². The van der Waals surface area contributed by atoms with Gasteiger partial charge in [0, 0.05) is 10.7 Å². The van der Waals surface area contributed by atoms with Gasteiger partial charge < -0.3 is 4.74 Å². The Kier molecular flexibility index (Phi) is 3.72. The number of ether oxygens (including phenoxy) is 1. The second-order valence-electron chi connectivity index (χ2n) is 3.51. The molecule has 0 aliphatic rings. The molecule has 2 rings (SSSR count). The number of hydrogen-bond acceptors (Lipinski definition) is 3. The SMILES string of the molecule is COc1cccnc1C(=O)c1cc(Br)ccc1F. The van der Waals surface area contributed by atoms with Crippen LogP contribution in [0.25, 0.3) is 0 Å². The Bertz CT molecular complexity index is 601. The fourth-order valence-corrected chi connectivity index (χ4v) is 1.89. The number of benzene rings is 1. The van der Waals surface area contributed by atoms with E-state index in [1.54, 1.807) is 12.1 Å². The third kappa shape index (κ3) is 2.41. The molecule has 0 radical (unpaired) electrons. The van der Waals surface area contributed by atoms with Gasteiger partial charge in [0.15, 0.2) is 5.69 Å². The molecule has 0 N–H and O–H groups in total. The first-order chi connectivity index (χ1) is 8.63. The van der Waals surface area contributed by atoms with Crippen molar-refractivity contribution in [1.29, 1.82) is 0 Å². The first kappa shape index (κ1) is 12.7. The summed E-state index contributed by atoms with van der Waals surface area (Å²) in [6.07, 6.45) is 1.46. The molecule has 0 aliphatic heterocycles. The highest BCUT2D eigenvalue weighted by atomic mass is 79.9. The van der Waals surface area contributed by atoms with Crippen molar-refractivity contribution in [3.63, 3.8) is 0 Å². The number of hydrogen-bond donors (Lipinski definition) is 0. The lowest BCUT2D eigenvalue weighted by atomic mass is 10.1. The molecule has 1 heterocycles. The summed E-state index contributed by atoms with van der Waals surface area (Å²) in [5.41, 5.74) is 0.0541. The molecule has 18 heavy (non-hydrogen) atoms. The molecule has 0 atom stereocenters. The lowest BCUT2D eigenvalue weighted by Gasteiger charge is -2.07. The second kappa shape index (κ2) is 5.27. The molecule has 0 saturated carbocycles. The van der Waals surface area contributed by atoms with E-state index in [2.05, 4.69) is 20.9 Å². The molecule has 1 aromatic heterocycles. The van der Waals surface area contributed by atoms with Crippen molar-refractivity contribution in [2.45, 2.75) is 0 Å². The fourth-order valence-electron chi connectivity index (χ4n) is 1.52. The maximum atomic E-state index is 13.6. The fraction of sp³-hybridized carbons (Fsp3) is 0.0769. The number of aromatic nitrogens is 1. The van der Waals surface area contributed by atoms with Crippen LogP contribution in [-0.4, -0.2) is 17.9 Å². The Morgan fingerprint density at radius 3 is 2.89 bits per heavy atom. The first-order valence-electron chi connectivity index (χ1n) is 5.12. The molecule has 0 amide bonds. The standard InChI is InChI=1S/C13H9BrFNO2/c1-18-11-3-2-6-16-12(11)13(17)9-7-8(14)4-5-10(9)15/h2-7H,1H3. The zero-order chi connectivity index (χ0) is 13.1. The van der Waals surface area contributed by atoms with Crippen LogP contribution in [0.3, 0.4) is 0 Å². The van der Waals surface area contributed by atoms with Gasteiger partial charge in [-0.2, -0.15) is 0 Å². The maximum absolute atomic E-state index is 13.6. The average molecular weight is 310 g/mol. The van der Waals surface area contributed by atoms with Gasteiger partial charge in [0.2, 0.25) is 5.78 Å². The van der Waals surface area contributed by atoms with E-state index in [0.29, 0.717) is 10.2 Å². The topological polar surface area (TPSA) is 39.2 Å². The van der Waals surface area contributed by atoms with Crippen LogP contribution < -0.4 is 4.74 Å². The van der Waals surface area contributed by atoms with Gasteiger partial charge in [0.05, 0.1) is 12.7 Å². The smallest absolute Gasteiger partial charge is 0.218 e. The summed E-state index contributed by atoms with van der Waals surface area (Å²) < 4.78 is 19.3. The van der Waals surface area contributed by atoms with Crippen LogP contribution in [0.4, 0.5) is 4.39 Å². The van der Waals surface area contributed by atoms with Gasteiger partial charge in [0.25, 0.3) is 0 Å². The highest BCUT2D eigenvalue weighted by Gasteiger charge is 2.19. The van der Waals surface area contributed by atoms with Crippen LogP contribution in [0.5, 0.6) is 5.75 Å². The van der Waals surface area contributed by atoms with Gasteiger partial charge in [-0.1, -0.05) is 15.9 Å². The number of methoxy groups -OCH3 is 1. The Morgan fingerprint density at radius 2 is 2.17 bits per heavy atom. The maximum Gasteiger partial charge on any atom is 0.218 e. The molecule has 92 valence electrons. The van der Waals surface area contributed by atoms with Crippen molar-refractivity contribution >= 4 is 21.7 Å². The van der Waals surface area contributed by atoms with E-state index in [-0.39, 0.29) is 11.3 Å². The number of rotatable bonds is 3. The van der Waals surface area contributed by atoms with Crippen molar-refractivity contribution in [3.8, 4) is 5.75 Å². The molecule has 0 bridgehead atoms. The lowest BCUT2D eigenvalue weighted by molar-refractivity contribution is 0.102. The summed E-state index contributed by atoms with van der Waals surface area (Å²) in [6.45, 7) is 0. The van der Waals surface area contributed by atoms with Crippen LogP contribution in [-0.2, 0) is 0 Å². The summed E-state index contributed by atoms with van der Waals surface area (Å²) in [6, 6.07) is 7.43. The number of nitrogens with zero attached hydrogens (tertiary/aromatic N) is 1. The summed E-state index contributed by atoms with van der Waals surface area (Å²) in [4.78, 5) is 16.1. The average Bonchev–Trinajstić information content (AvgIpc) is 2.40. The van der Waals surface area contributed by atoms with E-state index >= 15 is 0 Å². The minimum atomic E-state index is -0.587.